The topological polar surface area (TPSA) is 33.3 Å². The zero-order chi connectivity index (χ0) is 18.3. The van der Waals surface area contributed by atoms with Crippen molar-refractivity contribution in [3.8, 4) is 5.75 Å². The first kappa shape index (κ1) is 17.8. The Labute approximate surface area is 161 Å². The van der Waals surface area contributed by atoms with Crippen LogP contribution >= 0.6 is 0 Å². The highest BCUT2D eigenvalue weighted by atomic mass is 16.5. The fraction of sp³-hybridized carbons (Fsp3) is 0.250. The Morgan fingerprint density at radius 1 is 0.778 bits per heavy atom. The van der Waals surface area contributed by atoms with Crippen molar-refractivity contribution in [2.75, 3.05) is 19.6 Å². The Hall–Kier alpha value is -2.62. The lowest BCUT2D eigenvalue weighted by molar-refractivity contribution is 0.305. The molecule has 3 aromatic rings. The molecule has 3 aromatic carbocycles. The second-order valence-corrected chi connectivity index (χ2v) is 7.06. The molecule has 0 radical (unpaired) electrons. The van der Waals surface area contributed by atoms with Crippen molar-refractivity contribution in [2.45, 2.75) is 19.1 Å². The van der Waals surface area contributed by atoms with E-state index in [1.165, 1.54) is 22.3 Å². The molecule has 0 amide bonds. The maximum Gasteiger partial charge on any atom is 0.120 e. The van der Waals surface area contributed by atoms with E-state index >= 15 is 0 Å². The Morgan fingerprint density at radius 2 is 1.52 bits per heavy atom. The summed E-state index contributed by atoms with van der Waals surface area (Å²) in [5.74, 6) is 0.939. The third-order valence-corrected chi connectivity index (χ3v) is 4.93. The van der Waals surface area contributed by atoms with Crippen molar-refractivity contribution in [2.24, 2.45) is 0 Å². The molecular weight excluding hydrogens is 332 g/mol. The van der Waals surface area contributed by atoms with Gasteiger partial charge in [-0.1, -0.05) is 66.7 Å². The highest BCUT2D eigenvalue weighted by Gasteiger charge is 2.16. The smallest absolute Gasteiger partial charge is 0.120 e. The highest BCUT2D eigenvalue weighted by Crippen LogP contribution is 2.25. The van der Waals surface area contributed by atoms with Crippen LogP contribution in [0.4, 0.5) is 0 Å². The van der Waals surface area contributed by atoms with Crippen molar-refractivity contribution >= 4 is 0 Å². The third-order valence-electron chi connectivity index (χ3n) is 4.93. The molecule has 1 atom stereocenters. The third kappa shape index (κ3) is 4.97. The van der Waals surface area contributed by atoms with Crippen LogP contribution in [0.15, 0.2) is 78.9 Å². The second kappa shape index (κ2) is 8.85. The van der Waals surface area contributed by atoms with Gasteiger partial charge < -0.3 is 15.4 Å². The summed E-state index contributed by atoms with van der Waals surface area (Å²) in [6.07, 6.45) is 0.913. The van der Waals surface area contributed by atoms with Gasteiger partial charge in [0.25, 0.3) is 0 Å². The minimum absolute atomic E-state index is 0.327. The van der Waals surface area contributed by atoms with E-state index < -0.39 is 0 Å². The molecule has 2 N–H and O–H groups in total. The van der Waals surface area contributed by atoms with Gasteiger partial charge in [0, 0.05) is 25.7 Å². The standard InChI is InChI=1S/C24H26N2O/c1-3-7-19(8-4-1)13-21-14-22(24-17-25-11-12-26-24)16-23(15-21)27-18-20-9-5-2-6-10-20/h1-10,14-16,24-26H,11-13,17-18H2/t24-/m0/s1. The number of piperazine rings is 1. The molecule has 0 spiro atoms. The van der Waals surface area contributed by atoms with E-state index in [-0.39, 0.29) is 0 Å². The molecule has 1 fully saturated rings. The van der Waals surface area contributed by atoms with E-state index in [4.69, 9.17) is 4.74 Å². The predicted molar refractivity (Wildman–Crippen MR) is 110 cm³/mol. The monoisotopic (exact) mass is 358 g/mol. The van der Waals surface area contributed by atoms with Crippen LogP contribution in [0.5, 0.6) is 5.75 Å². The molecule has 1 heterocycles. The van der Waals surface area contributed by atoms with Gasteiger partial charge in [-0.2, -0.15) is 0 Å². The molecule has 3 heteroatoms. The van der Waals surface area contributed by atoms with Crippen LogP contribution < -0.4 is 15.4 Å². The van der Waals surface area contributed by atoms with E-state index in [0.717, 1.165) is 31.8 Å². The predicted octanol–water partition coefficient (Wildman–Crippen LogP) is 4.09. The summed E-state index contributed by atoms with van der Waals surface area (Å²) in [7, 11) is 0. The number of hydrogen-bond donors (Lipinski definition) is 2. The van der Waals surface area contributed by atoms with Crippen molar-refractivity contribution < 1.29 is 4.74 Å². The maximum absolute atomic E-state index is 6.15. The summed E-state index contributed by atoms with van der Waals surface area (Å²) in [4.78, 5) is 0. The molecule has 0 saturated carbocycles. The number of rotatable bonds is 6. The van der Waals surface area contributed by atoms with Gasteiger partial charge in [0.05, 0.1) is 0 Å². The first-order valence-electron chi connectivity index (χ1n) is 9.65. The minimum atomic E-state index is 0.327. The van der Waals surface area contributed by atoms with Crippen molar-refractivity contribution in [3.63, 3.8) is 0 Å². The fourth-order valence-corrected chi connectivity index (χ4v) is 3.53. The van der Waals surface area contributed by atoms with E-state index in [1.54, 1.807) is 0 Å². The summed E-state index contributed by atoms with van der Waals surface area (Å²) < 4.78 is 6.15. The Morgan fingerprint density at radius 3 is 2.22 bits per heavy atom. The molecule has 1 saturated heterocycles. The SMILES string of the molecule is c1ccc(COc2cc(Cc3ccccc3)cc([C@@H]3CNCCN3)c2)cc1. The Kier molecular flexibility index (Phi) is 5.83. The summed E-state index contributed by atoms with van der Waals surface area (Å²) in [6.45, 7) is 3.56. The minimum Gasteiger partial charge on any atom is -0.489 e. The van der Waals surface area contributed by atoms with E-state index in [0.29, 0.717) is 12.6 Å². The van der Waals surface area contributed by atoms with Gasteiger partial charge in [-0.3, -0.25) is 0 Å². The normalized spacial score (nSPS) is 16.8. The van der Waals surface area contributed by atoms with E-state index in [2.05, 4.69) is 71.3 Å². The highest BCUT2D eigenvalue weighted by molar-refractivity contribution is 5.39. The molecule has 1 aliphatic rings. The number of ether oxygens (including phenoxy) is 1. The van der Waals surface area contributed by atoms with Crippen LogP contribution in [-0.4, -0.2) is 19.6 Å². The van der Waals surface area contributed by atoms with E-state index in [1.807, 2.05) is 18.2 Å². The molecule has 4 rings (SSSR count). The lowest BCUT2D eigenvalue weighted by atomic mass is 9.98. The largest absolute Gasteiger partial charge is 0.489 e. The summed E-state index contributed by atoms with van der Waals surface area (Å²) >= 11 is 0. The molecule has 0 bridgehead atoms. The van der Waals surface area contributed by atoms with Crippen LogP contribution in [0, 0.1) is 0 Å². The first-order valence-corrected chi connectivity index (χ1v) is 9.65. The number of nitrogens with one attached hydrogen (secondary N) is 2. The van der Waals surface area contributed by atoms with Crippen molar-refractivity contribution in [1.82, 2.24) is 10.6 Å². The van der Waals surface area contributed by atoms with Crippen LogP contribution in [0.25, 0.3) is 0 Å². The summed E-state index contributed by atoms with van der Waals surface area (Å²) in [5.41, 5.74) is 5.08. The molecule has 0 aromatic heterocycles. The average Bonchev–Trinajstić information content (AvgIpc) is 2.74. The van der Waals surface area contributed by atoms with Gasteiger partial charge in [-0.05, 0) is 40.8 Å². The lowest BCUT2D eigenvalue weighted by Gasteiger charge is -2.26. The molecule has 0 aliphatic carbocycles. The molecular formula is C24H26N2O. The van der Waals surface area contributed by atoms with Crippen molar-refractivity contribution in [3.05, 3.63) is 101 Å². The maximum atomic E-state index is 6.15. The summed E-state index contributed by atoms with van der Waals surface area (Å²) in [6, 6.07) is 27.9. The second-order valence-electron chi connectivity index (χ2n) is 7.06. The van der Waals surface area contributed by atoms with Gasteiger partial charge in [-0.15, -0.1) is 0 Å². The average molecular weight is 358 g/mol. The van der Waals surface area contributed by atoms with E-state index in [9.17, 15) is 0 Å². The zero-order valence-corrected chi connectivity index (χ0v) is 15.5. The van der Waals surface area contributed by atoms with Crippen LogP contribution in [0.2, 0.25) is 0 Å². The van der Waals surface area contributed by atoms with Gasteiger partial charge in [-0.25, -0.2) is 0 Å². The Balaban J connectivity index is 1.57. The van der Waals surface area contributed by atoms with Crippen LogP contribution in [0.1, 0.15) is 28.3 Å². The van der Waals surface area contributed by atoms with Gasteiger partial charge in [0.2, 0.25) is 0 Å². The zero-order valence-electron chi connectivity index (χ0n) is 15.5. The number of hydrogen-bond acceptors (Lipinski definition) is 3. The van der Waals surface area contributed by atoms with Crippen LogP contribution in [0.3, 0.4) is 0 Å². The molecule has 1 aliphatic heterocycles. The molecule has 27 heavy (non-hydrogen) atoms. The van der Waals surface area contributed by atoms with Crippen molar-refractivity contribution in [1.29, 1.82) is 0 Å². The van der Waals surface area contributed by atoms with Gasteiger partial charge in [0.1, 0.15) is 12.4 Å². The van der Waals surface area contributed by atoms with Crippen LogP contribution in [-0.2, 0) is 13.0 Å². The molecule has 0 unspecified atom stereocenters. The molecule has 3 nitrogen and oxygen atoms in total. The summed E-state index contributed by atoms with van der Waals surface area (Å²) in [5, 5.41) is 7.09. The lowest BCUT2D eigenvalue weighted by Crippen LogP contribution is -2.42. The Bertz CT molecular complexity index is 843. The van der Waals surface area contributed by atoms with Gasteiger partial charge in [0.15, 0.2) is 0 Å². The quantitative estimate of drug-likeness (QED) is 0.696. The van der Waals surface area contributed by atoms with Gasteiger partial charge >= 0.3 is 0 Å². The fourth-order valence-electron chi connectivity index (χ4n) is 3.53. The molecule has 138 valence electrons. The first-order chi connectivity index (χ1) is 13.4. The number of benzene rings is 3.